The highest BCUT2D eigenvalue weighted by atomic mass is 16.6. The predicted molar refractivity (Wildman–Crippen MR) is 155 cm³/mol. The molecule has 2 amide bonds. The highest BCUT2D eigenvalue weighted by molar-refractivity contribution is 5.81. The van der Waals surface area contributed by atoms with E-state index in [1.807, 2.05) is 67.6 Å². The third-order valence-corrected chi connectivity index (χ3v) is 9.89. The molecule has 2 aliphatic carbocycles. The van der Waals surface area contributed by atoms with Gasteiger partial charge in [0.25, 0.3) is 0 Å². The number of rotatable bonds is 6. The van der Waals surface area contributed by atoms with Gasteiger partial charge in [0, 0.05) is 26.2 Å². The summed E-state index contributed by atoms with van der Waals surface area (Å²) >= 11 is 0. The molecule has 6 rings (SSSR count). The Morgan fingerprint density at radius 1 is 0.744 bits per heavy atom. The minimum absolute atomic E-state index is 0.0549. The Hall–Kier alpha value is -4.08. The summed E-state index contributed by atoms with van der Waals surface area (Å²) in [4.78, 5) is 51.2. The van der Waals surface area contributed by atoms with Gasteiger partial charge < -0.3 is 29.1 Å². The molecule has 1 N–H and O–H groups in total. The first-order valence-corrected chi connectivity index (χ1v) is 14.8. The van der Waals surface area contributed by atoms with Crippen LogP contribution in [0.3, 0.4) is 0 Å². The number of fused-ring (bicyclic) bond motifs is 2. The van der Waals surface area contributed by atoms with Crippen LogP contribution >= 0.6 is 0 Å². The summed E-state index contributed by atoms with van der Waals surface area (Å²) in [6, 6.07) is 19.0. The molecule has 2 aromatic carbocycles. The smallest absolute Gasteiger partial charge is 0.410 e. The topological polar surface area (TPSA) is 123 Å². The quantitative estimate of drug-likeness (QED) is 0.374. The number of methoxy groups -OCH3 is 1. The number of likely N-dealkylation sites (tertiary alicyclic amines) is 2. The van der Waals surface area contributed by atoms with E-state index < -0.39 is 22.9 Å². The molecule has 10 nitrogen and oxygen atoms in total. The average molecular weight is 593 g/mol. The van der Waals surface area contributed by atoms with Gasteiger partial charge in [0.15, 0.2) is 0 Å². The van der Waals surface area contributed by atoms with Gasteiger partial charge in [0.1, 0.15) is 13.2 Å². The van der Waals surface area contributed by atoms with Gasteiger partial charge in [-0.25, -0.2) is 9.59 Å². The lowest BCUT2D eigenvalue weighted by Crippen LogP contribution is -2.52. The van der Waals surface area contributed by atoms with E-state index in [-0.39, 0.29) is 43.7 Å². The highest BCUT2D eigenvalue weighted by Crippen LogP contribution is 2.57. The number of ether oxygens (including phenoxy) is 3. The maximum atomic E-state index is 12.2. The lowest BCUT2D eigenvalue weighted by Gasteiger charge is -2.46. The zero-order valence-electron chi connectivity index (χ0n) is 24.9. The SMILES string of the molecule is COC(=O)C12C[C@H](C)C1CN(C(=O)OCc1ccccc1)C2.C[C@H]1CC2(C(=O)O)CN(C(=O)OCc3ccccc3)CC12. The van der Waals surface area contributed by atoms with Crippen LogP contribution < -0.4 is 0 Å². The van der Waals surface area contributed by atoms with Gasteiger partial charge in [-0.3, -0.25) is 9.59 Å². The van der Waals surface area contributed by atoms with E-state index in [4.69, 9.17) is 14.2 Å². The number of nitrogens with zero attached hydrogens (tertiary/aromatic N) is 2. The van der Waals surface area contributed by atoms with E-state index in [0.717, 1.165) is 17.5 Å². The van der Waals surface area contributed by atoms with E-state index >= 15 is 0 Å². The minimum Gasteiger partial charge on any atom is -0.481 e. The number of carbonyl (C=O) groups is 4. The van der Waals surface area contributed by atoms with Crippen LogP contribution in [-0.2, 0) is 37.0 Å². The molecule has 4 unspecified atom stereocenters. The van der Waals surface area contributed by atoms with Gasteiger partial charge in [0.2, 0.25) is 0 Å². The van der Waals surface area contributed by atoms with Crippen molar-refractivity contribution in [2.75, 3.05) is 33.3 Å². The molecule has 4 fully saturated rings. The standard InChI is InChI=1S/C17H21NO4.C16H19NO4/c1-12-8-17(15(19)21-2)11-18(9-14(12)17)16(20)22-10-13-6-4-3-5-7-13;1-11-7-16(14(18)19)10-17(8-13(11)16)15(20)21-9-12-5-3-2-4-6-12/h3-7,12,14H,8-11H2,1-2H3;2-6,11,13H,7-10H2,1H3,(H,18,19)/t12-,14?,17?;11-,13?,16?/m00/s1. The van der Waals surface area contributed by atoms with E-state index in [1.54, 1.807) is 9.80 Å². The Kier molecular flexibility index (Phi) is 8.66. The molecule has 10 heteroatoms. The molecular weight excluding hydrogens is 552 g/mol. The largest absolute Gasteiger partial charge is 0.481 e. The average Bonchev–Trinajstić information content (AvgIpc) is 3.52. The van der Waals surface area contributed by atoms with Crippen LogP contribution in [0, 0.1) is 34.5 Å². The van der Waals surface area contributed by atoms with Crippen LogP contribution in [0.5, 0.6) is 0 Å². The number of hydrogen-bond donors (Lipinski definition) is 1. The van der Waals surface area contributed by atoms with Crippen molar-refractivity contribution < 1.29 is 38.5 Å². The summed E-state index contributed by atoms with van der Waals surface area (Å²) in [7, 11) is 1.41. The fraction of sp³-hybridized carbons (Fsp3) is 0.515. The first-order valence-electron chi connectivity index (χ1n) is 14.8. The van der Waals surface area contributed by atoms with Gasteiger partial charge in [-0.1, -0.05) is 74.5 Å². The maximum Gasteiger partial charge on any atom is 0.410 e. The van der Waals surface area contributed by atoms with Crippen LogP contribution in [-0.4, -0.2) is 72.3 Å². The zero-order chi connectivity index (χ0) is 30.8. The second-order valence-electron chi connectivity index (χ2n) is 12.5. The van der Waals surface area contributed by atoms with Gasteiger partial charge in [-0.2, -0.15) is 0 Å². The Labute approximate surface area is 251 Å². The second kappa shape index (κ2) is 12.3. The van der Waals surface area contributed by atoms with Crippen LogP contribution in [0.2, 0.25) is 0 Å². The van der Waals surface area contributed by atoms with Crippen molar-refractivity contribution in [1.82, 2.24) is 9.80 Å². The Bertz CT molecular complexity index is 1340. The third kappa shape index (κ3) is 5.79. The molecular formula is C33H40N2O8. The van der Waals surface area contributed by atoms with Crippen molar-refractivity contribution in [3.8, 4) is 0 Å². The van der Waals surface area contributed by atoms with E-state index in [9.17, 15) is 24.3 Å². The van der Waals surface area contributed by atoms with Crippen LogP contribution in [0.15, 0.2) is 60.7 Å². The van der Waals surface area contributed by atoms with E-state index in [0.29, 0.717) is 37.9 Å². The first-order chi connectivity index (χ1) is 20.6. The lowest BCUT2D eigenvalue weighted by molar-refractivity contribution is -0.165. The molecule has 0 radical (unpaired) electrons. The molecule has 2 heterocycles. The molecule has 2 aliphatic heterocycles. The molecule has 6 atom stereocenters. The monoisotopic (exact) mass is 592 g/mol. The lowest BCUT2D eigenvalue weighted by atomic mass is 9.56. The van der Waals surface area contributed by atoms with Crippen molar-refractivity contribution in [2.45, 2.75) is 39.9 Å². The summed E-state index contributed by atoms with van der Waals surface area (Å²) in [6.07, 6.45) is 0.664. The number of benzene rings is 2. The Balaban J connectivity index is 0.000000171. The number of carboxylic acids is 1. The Morgan fingerprint density at radius 3 is 1.56 bits per heavy atom. The molecule has 0 aromatic heterocycles. The number of carboxylic acid groups (broad SMARTS) is 1. The van der Waals surface area contributed by atoms with Gasteiger partial charge in [-0.15, -0.1) is 0 Å². The van der Waals surface area contributed by atoms with Crippen LogP contribution in [0.25, 0.3) is 0 Å². The van der Waals surface area contributed by atoms with E-state index in [2.05, 4.69) is 6.92 Å². The molecule has 2 aromatic rings. The molecule has 43 heavy (non-hydrogen) atoms. The highest BCUT2D eigenvalue weighted by Gasteiger charge is 2.64. The number of carbonyl (C=O) groups excluding carboxylic acids is 3. The molecule has 2 saturated carbocycles. The summed E-state index contributed by atoms with van der Waals surface area (Å²) in [5.74, 6) is 0.0421. The predicted octanol–water partition coefficient (Wildman–Crippen LogP) is 4.82. The van der Waals surface area contributed by atoms with Crippen LogP contribution in [0.4, 0.5) is 9.59 Å². The number of amides is 2. The van der Waals surface area contributed by atoms with Crippen molar-refractivity contribution in [3.05, 3.63) is 71.8 Å². The van der Waals surface area contributed by atoms with Gasteiger partial charge in [0.05, 0.1) is 17.9 Å². The van der Waals surface area contributed by atoms with Crippen LogP contribution in [0.1, 0.15) is 37.8 Å². The number of aliphatic carboxylic acids is 1. The first kappa shape index (κ1) is 30.4. The molecule has 4 aliphatic rings. The van der Waals surface area contributed by atoms with Gasteiger partial charge in [-0.05, 0) is 47.6 Å². The third-order valence-electron chi connectivity index (χ3n) is 9.89. The molecule has 0 bridgehead atoms. The molecule has 0 spiro atoms. The maximum absolute atomic E-state index is 12.2. The van der Waals surface area contributed by atoms with Crippen molar-refractivity contribution in [2.24, 2.45) is 34.5 Å². The Morgan fingerprint density at radius 2 is 1.16 bits per heavy atom. The minimum atomic E-state index is -0.788. The molecule has 230 valence electrons. The molecule has 2 saturated heterocycles. The number of esters is 1. The van der Waals surface area contributed by atoms with Gasteiger partial charge >= 0.3 is 24.1 Å². The summed E-state index contributed by atoms with van der Waals surface area (Å²) in [6.45, 7) is 6.37. The van der Waals surface area contributed by atoms with E-state index in [1.165, 1.54) is 7.11 Å². The van der Waals surface area contributed by atoms with Crippen molar-refractivity contribution >= 4 is 24.1 Å². The fourth-order valence-electron chi connectivity index (χ4n) is 7.58. The summed E-state index contributed by atoms with van der Waals surface area (Å²) in [5, 5.41) is 9.44. The summed E-state index contributed by atoms with van der Waals surface area (Å²) < 4.78 is 15.6. The number of hydrogen-bond acceptors (Lipinski definition) is 7. The second-order valence-corrected chi connectivity index (χ2v) is 12.5. The fourth-order valence-corrected chi connectivity index (χ4v) is 7.58. The van der Waals surface area contributed by atoms with Crippen molar-refractivity contribution in [1.29, 1.82) is 0 Å². The summed E-state index contributed by atoms with van der Waals surface area (Å²) in [5.41, 5.74) is 0.619. The zero-order valence-corrected chi connectivity index (χ0v) is 24.9. The van der Waals surface area contributed by atoms with Crippen molar-refractivity contribution in [3.63, 3.8) is 0 Å². The normalized spacial score (nSPS) is 29.9.